The number of aromatic amines is 1. The van der Waals surface area contributed by atoms with Crippen molar-refractivity contribution in [1.82, 2.24) is 14.8 Å². The Bertz CT molecular complexity index is 1180. The van der Waals surface area contributed by atoms with E-state index in [2.05, 4.69) is 10.1 Å². The van der Waals surface area contributed by atoms with Crippen molar-refractivity contribution >= 4 is 11.0 Å². The monoisotopic (exact) mass is 357 g/mol. The van der Waals surface area contributed by atoms with Gasteiger partial charge >= 0.3 is 0 Å². The van der Waals surface area contributed by atoms with E-state index in [4.69, 9.17) is 0 Å². The minimum Gasteiger partial charge on any atom is -0.503 e. The second-order valence-electron chi connectivity index (χ2n) is 5.57. The Balaban J connectivity index is 2.05. The van der Waals surface area contributed by atoms with E-state index in [0.717, 1.165) is 12.1 Å². The van der Waals surface area contributed by atoms with Crippen molar-refractivity contribution in [2.24, 2.45) is 0 Å². The number of benzene rings is 2. The number of nitrogens with zero attached hydrogens (tertiary/aromatic N) is 2. The maximum atomic E-state index is 14.1. The fourth-order valence-electron chi connectivity index (χ4n) is 2.75. The molecule has 0 saturated carbocycles. The van der Waals surface area contributed by atoms with Gasteiger partial charge in [0.05, 0.1) is 28.5 Å². The largest absolute Gasteiger partial charge is 0.503 e. The van der Waals surface area contributed by atoms with E-state index >= 15 is 0 Å². The van der Waals surface area contributed by atoms with Gasteiger partial charge in [-0.1, -0.05) is 6.07 Å². The van der Waals surface area contributed by atoms with Crippen LogP contribution in [0.5, 0.6) is 5.75 Å². The molecular weight excluding hydrogens is 347 g/mol. The lowest BCUT2D eigenvalue weighted by atomic mass is 10.1. The summed E-state index contributed by atoms with van der Waals surface area (Å²) in [6, 6.07) is 8.46. The molecule has 0 spiro atoms. The predicted octanol–water partition coefficient (Wildman–Crippen LogP) is 3.50. The Kier molecular flexibility index (Phi) is 3.54. The zero-order valence-corrected chi connectivity index (χ0v) is 13.0. The average Bonchev–Trinajstić information content (AvgIpc) is 3.03. The molecule has 2 aromatic carbocycles. The average molecular weight is 357 g/mol. The summed E-state index contributed by atoms with van der Waals surface area (Å²) < 4.78 is 42.6. The van der Waals surface area contributed by atoms with Crippen molar-refractivity contribution in [3.05, 3.63) is 76.3 Å². The van der Waals surface area contributed by atoms with Crippen molar-refractivity contribution in [3.63, 3.8) is 0 Å². The third kappa shape index (κ3) is 2.34. The lowest BCUT2D eigenvalue weighted by Crippen LogP contribution is -2.07. The van der Waals surface area contributed by atoms with Gasteiger partial charge in [-0.3, -0.25) is 4.79 Å². The van der Waals surface area contributed by atoms with Crippen molar-refractivity contribution in [3.8, 4) is 22.7 Å². The Hall–Kier alpha value is -3.55. The Labute approximate surface area is 144 Å². The minimum absolute atomic E-state index is 0.0207. The highest BCUT2D eigenvalue weighted by Crippen LogP contribution is 2.31. The first-order chi connectivity index (χ1) is 12.5. The SMILES string of the molecule is O=c1c(O)c(-c2c(F)cccc2F)[nH]c2c1cnn2-c1ccc(F)cc1. The molecule has 2 aromatic heterocycles. The van der Waals surface area contributed by atoms with Crippen LogP contribution >= 0.6 is 0 Å². The zero-order chi connectivity index (χ0) is 18.4. The fraction of sp³-hybridized carbons (Fsp3) is 0. The van der Waals surface area contributed by atoms with Gasteiger partial charge in [-0.25, -0.2) is 17.9 Å². The third-order valence-electron chi connectivity index (χ3n) is 3.99. The van der Waals surface area contributed by atoms with Crippen molar-refractivity contribution in [2.45, 2.75) is 0 Å². The number of halogens is 3. The lowest BCUT2D eigenvalue weighted by Gasteiger charge is -2.09. The molecule has 5 nitrogen and oxygen atoms in total. The quantitative estimate of drug-likeness (QED) is 0.577. The predicted molar refractivity (Wildman–Crippen MR) is 88.7 cm³/mol. The maximum Gasteiger partial charge on any atom is 0.234 e. The number of fused-ring (bicyclic) bond motifs is 1. The number of aromatic hydroxyl groups is 1. The third-order valence-corrected chi connectivity index (χ3v) is 3.99. The van der Waals surface area contributed by atoms with Crippen LogP contribution in [-0.4, -0.2) is 19.9 Å². The molecule has 2 N–H and O–H groups in total. The minimum atomic E-state index is -0.942. The van der Waals surface area contributed by atoms with Gasteiger partial charge in [0.2, 0.25) is 5.43 Å². The van der Waals surface area contributed by atoms with Gasteiger partial charge in [-0.15, -0.1) is 0 Å². The van der Waals surface area contributed by atoms with Crippen LogP contribution in [0.1, 0.15) is 0 Å². The molecule has 0 aliphatic carbocycles. The molecule has 26 heavy (non-hydrogen) atoms. The van der Waals surface area contributed by atoms with Gasteiger partial charge in [0.15, 0.2) is 5.75 Å². The molecule has 0 bridgehead atoms. The first kappa shape index (κ1) is 15.9. The molecule has 0 saturated heterocycles. The normalized spacial score (nSPS) is 11.2. The van der Waals surface area contributed by atoms with Crippen LogP contribution in [0.25, 0.3) is 28.0 Å². The summed E-state index contributed by atoms with van der Waals surface area (Å²) in [7, 11) is 0. The molecule has 2 heterocycles. The van der Waals surface area contributed by atoms with Crippen molar-refractivity contribution < 1.29 is 18.3 Å². The van der Waals surface area contributed by atoms with Gasteiger partial charge in [0.1, 0.15) is 23.1 Å². The van der Waals surface area contributed by atoms with Crippen LogP contribution in [0.4, 0.5) is 13.2 Å². The second kappa shape index (κ2) is 5.76. The number of hydrogen-bond acceptors (Lipinski definition) is 3. The highest BCUT2D eigenvalue weighted by Gasteiger charge is 2.21. The number of H-pyrrole nitrogens is 1. The first-order valence-corrected chi connectivity index (χ1v) is 7.50. The van der Waals surface area contributed by atoms with E-state index in [1.807, 2.05) is 0 Å². The standard InChI is InChI=1S/C18H10F3N3O2/c19-9-4-6-10(7-5-9)24-18-11(8-22-24)16(25)17(26)15(23-18)14-12(20)2-1-3-13(14)21/h1-8,26H,(H,23,25). The van der Waals surface area contributed by atoms with Gasteiger partial charge in [-0.05, 0) is 36.4 Å². The van der Waals surface area contributed by atoms with Gasteiger partial charge < -0.3 is 10.1 Å². The summed E-state index contributed by atoms with van der Waals surface area (Å²) in [5, 5.41) is 14.2. The summed E-state index contributed by atoms with van der Waals surface area (Å²) in [5.41, 5.74) is -1.26. The highest BCUT2D eigenvalue weighted by atomic mass is 19.1. The molecule has 0 unspecified atom stereocenters. The Morgan fingerprint density at radius 2 is 1.65 bits per heavy atom. The highest BCUT2D eigenvalue weighted by molar-refractivity contribution is 5.83. The van der Waals surface area contributed by atoms with E-state index in [1.54, 1.807) is 0 Å². The number of hydrogen-bond donors (Lipinski definition) is 2. The summed E-state index contributed by atoms with van der Waals surface area (Å²) in [5.74, 6) is -3.16. The first-order valence-electron chi connectivity index (χ1n) is 7.50. The molecule has 0 fully saturated rings. The van der Waals surface area contributed by atoms with Crippen LogP contribution in [-0.2, 0) is 0 Å². The maximum absolute atomic E-state index is 14.1. The molecule has 4 rings (SSSR count). The summed E-state index contributed by atoms with van der Waals surface area (Å²) in [6.07, 6.45) is 1.21. The van der Waals surface area contributed by atoms with Crippen LogP contribution < -0.4 is 5.43 Å². The van der Waals surface area contributed by atoms with E-state index in [-0.39, 0.29) is 11.0 Å². The van der Waals surface area contributed by atoms with Gasteiger partial charge in [0, 0.05) is 0 Å². The van der Waals surface area contributed by atoms with E-state index < -0.39 is 39.9 Å². The molecular formula is C18H10F3N3O2. The fourth-order valence-corrected chi connectivity index (χ4v) is 2.75. The topological polar surface area (TPSA) is 70.9 Å². The summed E-state index contributed by atoms with van der Waals surface area (Å²) in [4.78, 5) is 15.1. The summed E-state index contributed by atoms with van der Waals surface area (Å²) in [6.45, 7) is 0. The molecule has 0 aliphatic heterocycles. The number of nitrogens with one attached hydrogen (secondary N) is 1. The molecule has 0 atom stereocenters. The molecule has 0 radical (unpaired) electrons. The van der Waals surface area contributed by atoms with E-state index in [0.29, 0.717) is 5.69 Å². The summed E-state index contributed by atoms with van der Waals surface area (Å²) >= 11 is 0. The van der Waals surface area contributed by atoms with E-state index in [9.17, 15) is 23.1 Å². The van der Waals surface area contributed by atoms with Gasteiger partial charge in [0.25, 0.3) is 0 Å². The van der Waals surface area contributed by atoms with Crippen molar-refractivity contribution in [1.29, 1.82) is 0 Å². The van der Waals surface area contributed by atoms with Gasteiger partial charge in [-0.2, -0.15) is 5.10 Å². The van der Waals surface area contributed by atoms with Crippen LogP contribution in [0.15, 0.2) is 53.5 Å². The zero-order valence-electron chi connectivity index (χ0n) is 13.0. The van der Waals surface area contributed by atoms with Crippen LogP contribution in [0, 0.1) is 17.5 Å². The smallest absolute Gasteiger partial charge is 0.234 e. The van der Waals surface area contributed by atoms with Crippen LogP contribution in [0.3, 0.4) is 0 Å². The lowest BCUT2D eigenvalue weighted by molar-refractivity contribution is 0.469. The molecule has 0 aliphatic rings. The number of pyridine rings is 1. The Morgan fingerprint density at radius 3 is 2.31 bits per heavy atom. The van der Waals surface area contributed by atoms with Crippen molar-refractivity contribution in [2.75, 3.05) is 0 Å². The molecule has 8 heteroatoms. The second-order valence-corrected chi connectivity index (χ2v) is 5.57. The number of rotatable bonds is 2. The van der Waals surface area contributed by atoms with Crippen LogP contribution in [0.2, 0.25) is 0 Å². The van der Waals surface area contributed by atoms with E-state index in [1.165, 1.54) is 41.2 Å². The number of aromatic nitrogens is 3. The molecule has 130 valence electrons. The molecule has 4 aromatic rings. The Morgan fingerprint density at radius 1 is 1.00 bits per heavy atom. The molecule has 0 amide bonds.